The minimum atomic E-state index is 0.0339. The van der Waals surface area contributed by atoms with Crippen molar-refractivity contribution in [3.05, 3.63) is 17.5 Å². The van der Waals surface area contributed by atoms with Crippen LogP contribution in [-0.2, 0) is 0 Å². The van der Waals surface area contributed by atoms with Gasteiger partial charge in [-0.3, -0.25) is 9.89 Å². The van der Waals surface area contributed by atoms with Crippen molar-refractivity contribution in [1.82, 2.24) is 15.1 Å². The predicted molar refractivity (Wildman–Crippen MR) is 58.1 cm³/mol. The molecule has 82 valence electrons. The van der Waals surface area contributed by atoms with Gasteiger partial charge in [-0.1, -0.05) is 0 Å². The molecule has 1 aliphatic rings. The van der Waals surface area contributed by atoms with Crippen LogP contribution in [0, 0.1) is 6.92 Å². The molecule has 0 spiro atoms. The third kappa shape index (κ3) is 2.15. The van der Waals surface area contributed by atoms with Crippen LogP contribution >= 0.6 is 11.6 Å². The van der Waals surface area contributed by atoms with E-state index < -0.39 is 0 Å². The van der Waals surface area contributed by atoms with Crippen molar-refractivity contribution in [1.29, 1.82) is 0 Å². The first kappa shape index (κ1) is 10.5. The van der Waals surface area contributed by atoms with Crippen LogP contribution < -0.4 is 0 Å². The Labute approximate surface area is 93.6 Å². The fourth-order valence-electron chi connectivity index (χ4n) is 1.85. The van der Waals surface area contributed by atoms with E-state index in [0.29, 0.717) is 12.1 Å². The molecule has 5 heteroatoms. The van der Waals surface area contributed by atoms with E-state index in [-0.39, 0.29) is 11.3 Å². The normalized spacial score (nSPS) is 21.7. The number of H-pyrrole nitrogens is 1. The van der Waals surface area contributed by atoms with E-state index in [1.165, 1.54) is 0 Å². The van der Waals surface area contributed by atoms with E-state index in [1.807, 2.05) is 6.92 Å². The third-order valence-electron chi connectivity index (χ3n) is 2.71. The molecule has 2 rings (SSSR count). The highest BCUT2D eigenvalue weighted by Crippen LogP contribution is 2.18. The van der Waals surface area contributed by atoms with Crippen LogP contribution in [0.4, 0.5) is 0 Å². The summed E-state index contributed by atoms with van der Waals surface area (Å²) < 4.78 is 0. The van der Waals surface area contributed by atoms with E-state index in [4.69, 9.17) is 11.6 Å². The summed E-state index contributed by atoms with van der Waals surface area (Å²) in [6.45, 7) is 3.29. The zero-order valence-electron chi connectivity index (χ0n) is 8.66. The number of aromatic amines is 1. The first-order valence-corrected chi connectivity index (χ1v) is 5.55. The second-order valence-electron chi connectivity index (χ2n) is 3.90. The van der Waals surface area contributed by atoms with Crippen LogP contribution in [0.2, 0.25) is 0 Å². The number of halogens is 1. The number of carbonyl (C=O) groups is 1. The zero-order valence-corrected chi connectivity index (χ0v) is 9.42. The van der Waals surface area contributed by atoms with Crippen LogP contribution in [0.25, 0.3) is 0 Å². The fraction of sp³-hybridized carbons (Fsp3) is 0.600. The first-order chi connectivity index (χ1) is 7.18. The van der Waals surface area contributed by atoms with Crippen LogP contribution in [-0.4, -0.2) is 39.5 Å². The Balaban J connectivity index is 2.11. The highest BCUT2D eigenvalue weighted by Gasteiger charge is 2.24. The SMILES string of the molecule is Cc1[nH]ncc1C(=O)N1CCCC(Cl)C1. The summed E-state index contributed by atoms with van der Waals surface area (Å²) >= 11 is 6.04. The van der Waals surface area contributed by atoms with Gasteiger partial charge in [0.2, 0.25) is 0 Å². The van der Waals surface area contributed by atoms with Crippen LogP contribution in [0.1, 0.15) is 28.9 Å². The van der Waals surface area contributed by atoms with Crippen molar-refractivity contribution < 1.29 is 4.79 Å². The maximum atomic E-state index is 12.0. The second-order valence-corrected chi connectivity index (χ2v) is 4.52. The lowest BCUT2D eigenvalue weighted by atomic mass is 10.1. The standard InChI is InChI=1S/C10H14ClN3O/c1-7-9(5-12-13-7)10(15)14-4-2-3-8(11)6-14/h5,8H,2-4,6H2,1H3,(H,12,13). The molecule has 1 saturated heterocycles. The minimum absolute atomic E-state index is 0.0339. The molecule has 1 unspecified atom stereocenters. The van der Waals surface area contributed by atoms with Crippen molar-refractivity contribution in [2.45, 2.75) is 25.1 Å². The fourth-order valence-corrected chi connectivity index (χ4v) is 2.17. The molecule has 4 nitrogen and oxygen atoms in total. The van der Waals surface area contributed by atoms with Crippen LogP contribution in [0.3, 0.4) is 0 Å². The zero-order chi connectivity index (χ0) is 10.8. The quantitative estimate of drug-likeness (QED) is 0.741. The van der Waals surface area contributed by atoms with Gasteiger partial charge in [-0.15, -0.1) is 11.6 Å². The summed E-state index contributed by atoms with van der Waals surface area (Å²) in [7, 11) is 0. The lowest BCUT2D eigenvalue weighted by molar-refractivity contribution is 0.0726. The molecule has 1 amide bonds. The van der Waals surface area contributed by atoms with Gasteiger partial charge in [-0.2, -0.15) is 5.10 Å². The van der Waals surface area contributed by atoms with E-state index in [0.717, 1.165) is 25.1 Å². The van der Waals surface area contributed by atoms with E-state index in [9.17, 15) is 4.79 Å². The number of hydrogen-bond acceptors (Lipinski definition) is 2. The molecule has 0 aliphatic carbocycles. The predicted octanol–water partition coefficient (Wildman–Crippen LogP) is 1.56. The average Bonchev–Trinajstić information content (AvgIpc) is 2.63. The number of nitrogens with zero attached hydrogens (tertiary/aromatic N) is 2. The molecule has 1 aromatic rings. The summed E-state index contributed by atoms with van der Waals surface area (Å²) in [5, 5.41) is 6.71. The molecule has 1 N–H and O–H groups in total. The van der Waals surface area contributed by atoms with Crippen molar-refractivity contribution >= 4 is 17.5 Å². The number of alkyl halides is 1. The number of likely N-dealkylation sites (tertiary alicyclic amines) is 1. The molecule has 0 bridgehead atoms. The number of piperidine rings is 1. The molecule has 0 radical (unpaired) electrons. The van der Waals surface area contributed by atoms with E-state index >= 15 is 0 Å². The molecule has 15 heavy (non-hydrogen) atoms. The number of hydrogen-bond donors (Lipinski definition) is 1. The topological polar surface area (TPSA) is 49.0 Å². The Bertz CT molecular complexity index is 363. The molecule has 2 heterocycles. The monoisotopic (exact) mass is 227 g/mol. The summed E-state index contributed by atoms with van der Waals surface area (Å²) in [4.78, 5) is 13.8. The molecule has 1 atom stereocenters. The van der Waals surface area contributed by atoms with Crippen LogP contribution in [0.5, 0.6) is 0 Å². The summed E-state index contributed by atoms with van der Waals surface area (Å²) in [6, 6.07) is 0. The Morgan fingerprint density at radius 1 is 1.73 bits per heavy atom. The number of aryl methyl sites for hydroxylation is 1. The lowest BCUT2D eigenvalue weighted by Gasteiger charge is -2.29. The first-order valence-electron chi connectivity index (χ1n) is 5.12. The maximum Gasteiger partial charge on any atom is 0.257 e. The Hall–Kier alpha value is -1.03. The largest absolute Gasteiger partial charge is 0.337 e. The van der Waals surface area contributed by atoms with E-state index in [1.54, 1.807) is 11.1 Å². The van der Waals surface area contributed by atoms with Gasteiger partial charge in [0.25, 0.3) is 5.91 Å². The summed E-state index contributed by atoms with van der Waals surface area (Å²) in [5.74, 6) is 0.0339. The van der Waals surface area contributed by atoms with Gasteiger partial charge < -0.3 is 4.90 Å². The van der Waals surface area contributed by atoms with Gasteiger partial charge in [0.05, 0.1) is 17.1 Å². The molecular formula is C10H14ClN3O. The van der Waals surface area contributed by atoms with Crippen LogP contribution in [0.15, 0.2) is 6.20 Å². The molecule has 0 aromatic carbocycles. The maximum absolute atomic E-state index is 12.0. The summed E-state index contributed by atoms with van der Waals surface area (Å²) in [5.41, 5.74) is 1.47. The minimum Gasteiger partial charge on any atom is -0.337 e. The smallest absolute Gasteiger partial charge is 0.257 e. The molecule has 1 aromatic heterocycles. The Kier molecular flexibility index (Phi) is 2.95. The number of nitrogens with one attached hydrogen (secondary N) is 1. The Morgan fingerprint density at radius 3 is 3.13 bits per heavy atom. The van der Waals surface area contributed by atoms with Crippen molar-refractivity contribution in [2.24, 2.45) is 0 Å². The van der Waals surface area contributed by atoms with Gasteiger partial charge in [0, 0.05) is 18.8 Å². The number of aromatic nitrogens is 2. The van der Waals surface area contributed by atoms with E-state index in [2.05, 4.69) is 10.2 Å². The Morgan fingerprint density at radius 2 is 2.53 bits per heavy atom. The molecule has 0 saturated carbocycles. The molecule has 1 aliphatic heterocycles. The highest BCUT2D eigenvalue weighted by atomic mass is 35.5. The molecular weight excluding hydrogens is 214 g/mol. The van der Waals surface area contributed by atoms with Gasteiger partial charge >= 0.3 is 0 Å². The number of carbonyl (C=O) groups excluding carboxylic acids is 1. The van der Waals surface area contributed by atoms with Gasteiger partial charge in [-0.25, -0.2) is 0 Å². The third-order valence-corrected chi connectivity index (χ3v) is 3.07. The summed E-state index contributed by atoms with van der Waals surface area (Å²) in [6.07, 6.45) is 3.56. The van der Waals surface area contributed by atoms with Gasteiger partial charge in [0.15, 0.2) is 0 Å². The molecule has 1 fully saturated rings. The average molecular weight is 228 g/mol. The van der Waals surface area contributed by atoms with Crippen molar-refractivity contribution in [2.75, 3.05) is 13.1 Å². The number of amides is 1. The number of rotatable bonds is 1. The van der Waals surface area contributed by atoms with Gasteiger partial charge in [-0.05, 0) is 19.8 Å². The lowest BCUT2D eigenvalue weighted by Crippen LogP contribution is -2.40. The second kappa shape index (κ2) is 4.23. The highest BCUT2D eigenvalue weighted by molar-refractivity contribution is 6.21. The van der Waals surface area contributed by atoms with Crippen molar-refractivity contribution in [3.63, 3.8) is 0 Å². The van der Waals surface area contributed by atoms with Crippen molar-refractivity contribution in [3.8, 4) is 0 Å². The van der Waals surface area contributed by atoms with Gasteiger partial charge in [0.1, 0.15) is 0 Å².